The Hall–Kier alpha value is -2.03. The number of amides is 2. The largest absolute Gasteiger partial charge is 0.350 e. The van der Waals surface area contributed by atoms with Crippen molar-refractivity contribution in [2.75, 3.05) is 6.54 Å². The molecule has 3 atom stereocenters. The van der Waals surface area contributed by atoms with Gasteiger partial charge in [-0.15, -0.1) is 24.8 Å². The fourth-order valence-corrected chi connectivity index (χ4v) is 4.41. The van der Waals surface area contributed by atoms with Gasteiger partial charge in [-0.05, 0) is 61.6 Å². The van der Waals surface area contributed by atoms with Gasteiger partial charge >= 0.3 is 0 Å². The molecule has 3 aromatic rings. The molecular weight excluding hydrogens is 520 g/mol. The number of carbonyl (C=O) groups is 2. The number of hydrogen-bond acceptors (Lipinski definition) is 4. The Morgan fingerprint density at radius 1 is 1.21 bits per heavy atom. The fraction of sp³-hybridized carbons (Fsp3) is 0.348. The van der Waals surface area contributed by atoms with E-state index in [0.717, 1.165) is 40.9 Å². The highest BCUT2D eigenvalue weighted by atomic mass is 35.5. The monoisotopic (exact) mass is 545 g/mol. The summed E-state index contributed by atoms with van der Waals surface area (Å²) in [6, 6.07) is 8.71. The highest BCUT2D eigenvalue weighted by molar-refractivity contribution is 6.35. The number of carbonyl (C=O) groups excluding carboxylic acids is 2. The summed E-state index contributed by atoms with van der Waals surface area (Å²) in [6.07, 6.45) is 4.93. The Bertz CT molecular complexity index is 1140. The van der Waals surface area contributed by atoms with Crippen LogP contribution in [0.2, 0.25) is 10.0 Å². The van der Waals surface area contributed by atoms with E-state index in [1.807, 2.05) is 30.3 Å². The minimum Gasteiger partial charge on any atom is -0.350 e. The van der Waals surface area contributed by atoms with Crippen molar-refractivity contribution in [2.45, 2.75) is 38.4 Å². The van der Waals surface area contributed by atoms with Gasteiger partial charge in [-0.3, -0.25) is 9.59 Å². The van der Waals surface area contributed by atoms with Gasteiger partial charge in [-0.2, -0.15) is 0 Å². The van der Waals surface area contributed by atoms with Gasteiger partial charge in [0.05, 0.1) is 11.1 Å². The van der Waals surface area contributed by atoms with E-state index in [4.69, 9.17) is 23.2 Å². The van der Waals surface area contributed by atoms with Crippen LogP contribution in [0.3, 0.4) is 0 Å². The summed E-state index contributed by atoms with van der Waals surface area (Å²) < 4.78 is 0. The van der Waals surface area contributed by atoms with Crippen LogP contribution in [0, 0.1) is 5.92 Å². The Morgan fingerprint density at radius 3 is 2.76 bits per heavy atom. The molecule has 1 unspecified atom stereocenters. The highest BCUT2D eigenvalue weighted by Crippen LogP contribution is 2.22. The molecule has 0 aliphatic carbocycles. The number of aromatic amines is 1. The summed E-state index contributed by atoms with van der Waals surface area (Å²) in [6.45, 7) is 2.73. The molecule has 4 rings (SSSR count). The number of halogens is 4. The lowest BCUT2D eigenvalue weighted by molar-refractivity contribution is -0.129. The number of H-pyrrole nitrogens is 1. The first kappa shape index (κ1) is 28.2. The number of nitrogens with zero attached hydrogens (tertiary/aromatic N) is 1. The lowest BCUT2D eigenvalue weighted by atomic mass is 9.96. The van der Waals surface area contributed by atoms with Crippen molar-refractivity contribution in [3.63, 3.8) is 0 Å². The summed E-state index contributed by atoms with van der Waals surface area (Å²) in [4.78, 5) is 32.4. The third kappa shape index (κ3) is 6.99. The average molecular weight is 547 g/mol. The molecule has 11 heteroatoms. The van der Waals surface area contributed by atoms with E-state index in [9.17, 15) is 9.59 Å². The Labute approximate surface area is 220 Å². The van der Waals surface area contributed by atoms with Crippen LogP contribution in [0.15, 0.2) is 42.7 Å². The lowest BCUT2D eigenvalue weighted by Crippen LogP contribution is -2.49. The van der Waals surface area contributed by atoms with Crippen molar-refractivity contribution < 1.29 is 9.59 Å². The Morgan fingerprint density at radius 2 is 2.00 bits per heavy atom. The van der Waals surface area contributed by atoms with Crippen LogP contribution in [-0.4, -0.2) is 40.4 Å². The number of hydrogen-bond donors (Lipinski definition) is 4. The van der Waals surface area contributed by atoms with Crippen molar-refractivity contribution in [2.24, 2.45) is 5.92 Å². The maximum atomic E-state index is 12.6. The second-order valence-electron chi connectivity index (χ2n) is 8.22. The highest BCUT2D eigenvalue weighted by Gasteiger charge is 2.30. The van der Waals surface area contributed by atoms with Gasteiger partial charge in [0.15, 0.2) is 0 Å². The fourth-order valence-electron chi connectivity index (χ4n) is 3.99. The van der Waals surface area contributed by atoms with Gasteiger partial charge in [-0.1, -0.05) is 35.3 Å². The van der Waals surface area contributed by atoms with E-state index in [1.165, 1.54) is 0 Å². The first-order valence-electron chi connectivity index (χ1n) is 10.6. The van der Waals surface area contributed by atoms with Crippen molar-refractivity contribution in [1.82, 2.24) is 25.9 Å². The van der Waals surface area contributed by atoms with E-state index < -0.39 is 6.04 Å². The van der Waals surface area contributed by atoms with Gasteiger partial charge in [0.25, 0.3) is 0 Å². The molecule has 0 bridgehead atoms. The summed E-state index contributed by atoms with van der Waals surface area (Å²) in [5.41, 5.74) is 2.68. The van der Waals surface area contributed by atoms with Crippen molar-refractivity contribution >= 4 is 70.9 Å². The predicted molar refractivity (Wildman–Crippen MR) is 140 cm³/mol. The Kier molecular flexibility index (Phi) is 10.5. The summed E-state index contributed by atoms with van der Waals surface area (Å²) in [5, 5.41) is 11.0. The van der Waals surface area contributed by atoms with Crippen LogP contribution in [-0.2, 0) is 22.6 Å². The second kappa shape index (κ2) is 12.6. The van der Waals surface area contributed by atoms with E-state index in [1.54, 1.807) is 19.3 Å². The average Bonchev–Trinajstić information content (AvgIpc) is 3.39. The van der Waals surface area contributed by atoms with E-state index >= 15 is 0 Å². The molecule has 1 aliphatic rings. The zero-order valence-corrected chi connectivity index (χ0v) is 21.6. The molecule has 0 spiro atoms. The zero-order chi connectivity index (χ0) is 22.7. The third-order valence-corrected chi connectivity index (χ3v) is 6.26. The molecule has 34 heavy (non-hydrogen) atoms. The van der Waals surface area contributed by atoms with Crippen LogP contribution >= 0.6 is 48.0 Å². The number of pyridine rings is 1. The van der Waals surface area contributed by atoms with Crippen LogP contribution in [0.1, 0.15) is 24.5 Å². The van der Waals surface area contributed by atoms with Gasteiger partial charge in [0.2, 0.25) is 11.8 Å². The second-order valence-corrected chi connectivity index (χ2v) is 9.06. The number of fused-ring (bicyclic) bond motifs is 1. The quantitative estimate of drug-likeness (QED) is 0.359. The molecule has 3 heterocycles. The molecule has 0 radical (unpaired) electrons. The normalized spacial score (nSPS) is 18.0. The van der Waals surface area contributed by atoms with Gasteiger partial charge < -0.3 is 20.9 Å². The molecular formula is C23H27Cl4N5O2. The third-order valence-electron chi connectivity index (χ3n) is 5.71. The molecule has 4 N–H and O–H groups in total. The van der Waals surface area contributed by atoms with Crippen molar-refractivity contribution in [3.05, 3.63) is 63.9 Å². The first-order chi connectivity index (χ1) is 15.4. The van der Waals surface area contributed by atoms with E-state index in [-0.39, 0.29) is 42.7 Å². The summed E-state index contributed by atoms with van der Waals surface area (Å²) in [7, 11) is 0. The predicted octanol–water partition coefficient (Wildman–Crippen LogP) is 4.06. The van der Waals surface area contributed by atoms with Crippen LogP contribution in [0.5, 0.6) is 0 Å². The number of rotatable bonds is 7. The molecule has 1 aromatic carbocycles. The van der Waals surface area contributed by atoms with Crippen LogP contribution < -0.4 is 16.0 Å². The van der Waals surface area contributed by atoms with Crippen LogP contribution in [0.25, 0.3) is 11.0 Å². The Balaban J connectivity index is 0.00000204. The lowest BCUT2D eigenvalue weighted by Gasteiger charge is -2.17. The molecule has 2 aromatic heterocycles. The molecule has 0 saturated carbocycles. The zero-order valence-electron chi connectivity index (χ0n) is 18.4. The first-order valence-corrected chi connectivity index (χ1v) is 11.3. The smallest absolute Gasteiger partial charge is 0.242 e. The molecule has 1 aliphatic heterocycles. The number of benzene rings is 1. The molecule has 1 saturated heterocycles. The number of nitrogens with one attached hydrogen (secondary N) is 4. The molecule has 184 valence electrons. The van der Waals surface area contributed by atoms with Crippen LogP contribution in [0.4, 0.5) is 0 Å². The maximum Gasteiger partial charge on any atom is 0.242 e. The van der Waals surface area contributed by atoms with Gasteiger partial charge in [0, 0.05) is 29.3 Å². The van der Waals surface area contributed by atoms with Gasteiger partial charge in [0.1, 0.15) is 11.7 Å². The van der Waals surface area contributed by atoms with Crippen molar-refractivity contribution in [1.29, 1.82) is 0 Å². The molecule has 1 fully saturated rings. The van der Waals surface area contributed by atoms with Crippen molar-refractivity contribution in [3.8, 4) is 0 Å². The summed E-state index contributed by atoms with van der Waals surface area (Å²) in [5.74, 6) is -0.0773. The van der Waals surface area contributed by atoms with E-state index in [2.05, 4.69) is 25.9 Å². The molecule has 7 nitrogen and oxygen atoms in total. The topological polar surface area (TPSA) is 98.9 Å². The standard InChI is InChI=1S/C23H25Cl2N5O2.2ClH/c1-13(22(31)29-11-16-7-18-19(25)12-28-21(18)27-10-16)30-23(32)20-8-15(9-26-20)5-14-3-2-4-17(24)6-14;;/h2-4,6-7,10,12-13,15,20,26H,5,8-9,11H2,1H3,(H,27,28)(H,29,31)(H,30,32);2*1H/t13?,15-,20+;;/m0../s1. The minimum absolute atomic E-state index is 0. The maximum absolute atomic E-state index is 12.6. The van der Waals surface area contributed by atoms with E-state index in [0.29, 0.717) is 23.1 Å². The van der Waals surface area contributed by atoms with Gasteiger partial charge in [-0.25, -0.2) is 4.98 Å². The SMILES string of the molecule is CC(NC(=O)[C@H]1C[C@H](Cc2cccc(Cl)c2)CN1)C(=O)NCc1cnc2[nH]cc(Cl)c2c1.Cl.Cl. The molecule has 2 amide bonds. The number of aromatic nitrogens is 2. The summed E-state index contributed by atoms with van der Waals surface area (Å²) >= 11 is 12.2. The minimum atomic E-state index is -0.649.